The van der Waals surface area contributed by atoms with E-state index < -0.39 is 5.97 Å². The van der Waals surface area contributed by atoms with Crippen LogP contribution in [0, 0.1) is 0 Å². The first kappa shape index (κ1) is 24.0. The van der Waals surface area contributed by atoms with Gasteiger partial charge in [0.25, 0.3) is 0 Å². The first-order valence-corrected chi connectivity index (χ1v) is 8.64. The number of rotatable bonds is 15. The van der Waals surface area contributed by atoms with E-state index in [0.29, 0.717) is 6.42 Å². The van der Waals surface area contributed by atoms with Crippen LogP contribution in [0.15, 0.2) is 12.2 Å². The predicted molar refractivity (Wildman–Crippen MR) is 92.8 cm³/mol. The van der Waals surface area contributed by atoms with Crippen LogP contribution in [-0.2, 0) is 4.79 Å². The second-order valence-corrected chi connectivity index (χ2v) is 5.73. The predicted octanol–water partition coefficient (Wildman–Crippen LogP) is 5.73. The number of aliphatic carboxylic acids is 1. The number of unbranched alkanes of at least 4 members (excludes halogenated alkanes) is 11. The SMILES string of the molecule is CCCCCCCC/C=C/CCCCCCCC(=O)O.[Ba]. The molecule has 0 aromatic rings. The van der Waals surface area contributed by atoms with Gasteiger partial charge in [-0.1, -0.05) is 70.4 Å². The van der Waals surface area contributed by atoms with Crippen LogP contribution in [0.25, 0.3) is 0 Å². The van der Waals surface area contributed by atoms with Crippen LogP contribution in [0.2, 0.25) is 0 Å². The average Bonchev–Trinajstić information content (AvgIpc) is 2.43. The van der Waals surface area contributed by atoms with Gasteiger partial charge in [-0.3, -0.25) is 4.79 Å². The number of hydrogen-bond acceptors (Lipinski definition) is 1. The van der Waals surface area contributed by atoms with Crippen LogP contribution in [0.1, 0.15) is 96.8 Å². The number of carboxylic acids is 1. The molecule has 120 valence electrons. The van der Waals surface area contributed by atoms with Crippen molar-refractivity contribution in [3.8, 4) is 0 Å². The van der Waals surface area contributed by atoms with Gasteiger partial charge in [0, 0.05) is 55.3 Å². The van der Waals surface area contributed by atoms with Crippen LogP contribution < -0.4 is 0 Å². The van der Waals surface area contributed by atoms with Gasteiger partial charge in [-0.25, -0.2) is 0 Å². The van der Waals surface area contributed by atoms with Crippen LogP contribution >= 0.6 is 0 Å². The molecule has 1 N–H and O–H groups in total. The zero-order chi connectivity index (χ0) is 14.9. The molecule has 0 amide bonds. The molecule has 3 heteroatoms. The van der Waals surface area contributed by atoms with Crippen LogP contribution in [0.3, 0.4) is 0 Å². The monoisotopic (exact) mass is 420 g/mol. The molecule has 2 nitrogen and oxygen atoms in total. The Morgan fingerprint density at radius 1 is 0.762 bits per heavy atom. The summed E-state index contributed by atoms with van der Waals surface area (Å²) in [5.74, 6) is -0.664. The van der Waals surface area contributed by atoms with E-state index in [4.69, 9.17) is 5.11 Å². The standard InChI is InChI=1S/C18H34O2.Ba/c1-2-3-4-5-6-7-8-9-10-11-12-13-14-15-16-17-18(19)20;/h9-10H,2-8,11-17H2,1H3,(H,19,20);/b10-9+;. The number of carbonyl (C=O) groups is 1. The molecule has 0 saturated heterocycles. The van der Waals surface area contributed by atoms with Gasteiger partial charge in [-0.15, -0.1) is 0 Å². The molecule has 0 aliphatic heterocycles. The Labute approximate surface area is 172 Å². The summed E-state index contributed by atoms with van der Waals surface area (Å²) < 4.78 is 0. The fraction of sp³-hybridized carbons (Fsp3) is 0.833. The molecule has 2 radical (unpaired) electrons. The molecule has 0 aliphatic carbocycles. The molecule has 21 heavy (non-hydrogen) atoms. The van der Waals surface area contributed by atoms with E-state index in [1.165, 1.54) is 70.6 Å². The maximum atomic E-state index is 10.3. The van der Waals surface area contributed by atoms with Crippen LogP contribution in [-0.4, -0.2) is 60.0 Å². The molecule has 0 unspecified atom stereocenters. The largest absolute Gasteiger partial charge is 0.481 e. The number of hydrogen-bond donors (Lipinski definition) is 1. The van der Waals surface area contributed by atoms with Gasteiger partial charge in [-0.2, -0.15) is 0 Å². The third-order valence-corrected chi connectivity index (χ3v) is 3.65. The maximum absolute atomic E-state index is 10.3. The topological polar surface area (TPSA) is 37.3 Å². The third kappa shape index (κ3) is 23.2. The second kappa shape index (κ2) is 20.8. The second-order valence-electron chi connectivity index (χ2n) is 5.73. The first-order valence-electron chi connectivity index (χ1n) is 8.64. The molecule has 0 atom stereocenters. The minimum Gasteiger partial charge on any atom is -0.481 e. The summed E-state index contributed by atoms with van der Waals surface area (Å²) in [7, 11) is 0. The Morgan fingerprint density at radius 2 is 1.19 bits per heavy atom. The van der Waals surface area contributed by atoms with E-state index >= 15 is 0 Å². The van der Waals surface area contributed by atoms with Gasteiger partial charge in [0.15, 0.2) is 0 Å². The van der Waals surface area contributed by atoms with E-state index in [1.807, 2.05) is 0 Å². The van der Waals surface area contributed by atoms with Crippen molar-refractivity contribution < 1.29 is 9.90 Å². The fourth-order valence-electron chi connectivity index (χ4n) is 2.35. The molecule has 0 aromatic heterocycles. The molecule has 0 spiro atoms. The summed E-state index contributed by atoms with van der Waals surface area (Å²) in [6, 6.07) is 0. The molecule has 0 saturated carbocycles. The van der Waals surface area contributed by atoms with Crippen LogP contribution in [0.4, 0.5) is 0 Å². The van der Waals surface area contributed by atoms with Crippen molar-refractivity contribution in [3.63, 3.8) is 0 Å². The minimum absolute atomic E-state index is 0. The van der Waals surface area contributed by atoms with Gasteiger partial charge in [0.1, 0.15) is 0 Å². The first-order chi connectivity index (χ1) is 9.77. The summed E-state index contributed by atoms with van der Waals surface area (Å²) in [6.45, 7) is 2.26. The Bertz CT molecular complexity index is 239. The van der Waals surface area contributed by atoms with Crippen molar-refractivity contribution in [2.45, 2.75) is 96.8 Å². The van der Waals surface area contributed by atoms with Crippen molar-refractivity contribution in [3.05, 3.63) is 12.2 Å². The zero-order valence-electron chi connectivity index (χ0n) is 14.1. The molecular formula is C18H34BaO2. The van der Waals surface area contributed by atoms with E-state index in [0.717, 1.165) is 12.8 Å². The van der Waals surface area contributed by atoms with E-state index in [9.17, 15) is 4.79 Å². The van der Waals surface area contributed by atoms with Gasteiger partial charge < -0.3 is 5.11 Å². The number of carboxylic acid groups (broad SMARTS) is 1. The zero-order valence-corrected chi connectivity index (χ0v) is 18.6. The molecular weight excluding hydrogens is 386 g/mol. The third-order valence-electron chi connectivity index (χ3n) is 3.65. The van der Waals surface area contributed by atoms with E-state index in [-0.39, 0.29) is 48.9 Å². The summed E-state index contributed by atoms with van der Waals surface area (Å²) in [4.78, 5) is 10.3. The molecule has 0 fully saturated rings. The quantitative estimate of drug-likeness (QED) is 0.209. The molecule has 0 aliphatic rings. The van der Waals surface area contributed by atoms with Crippen molar-refractivity contribution in [1.29, 1.82) is 0 Å². The average molecular weight is 420 g/mol. The fourth-order valence-corrected chi connectivity index (χ4v) is 2.35. The van der Waals surface area contributed by atoms with Gasteiger partial charge >= 0.3 is 5.97 Å². The normalized spacial score (nSPS) is 10.7. The van der Waals surface area contributed by atoms with Crippen molar-refractivity contribution in [2.75, 3.05) is 0 Å². The van der Waals surface area contributed by atoms with Crippen LogP contribution in [0.5, 0.6) is 0 Å². The van der Waals surface area contributed by atoms with Crippen molar-refractivity contribution in [1.82, 2.24) is 0 Å². The minimum atomic E-state index is -0.664. The maximum Gasteiger partial charge on any atom is 0.303 e. The van der Waals surface area contributed by atoms with Crippen molar-refractivity contribution >= 4 is 54.9 Å². The molecule has 0 aromatic carbocycles. The Kier molecular flexibility index (Phi) is 23.8. The summed E-state index contributed by atoms with van der Waals surface area (Å²) in [6.07, 6.45) is 21.2. The Hall–Kier alpha value is 0.781. The summed E-state index contributed by atoms with van der Waals surface area (Å²) in [5, 5.41) is 8.51. The van der Waals surface area contributed by atoms with Gasteiger partial charge in [-0.05, 0) is 32.1 Å². The Balaban J connectivity index is 0. The smallest absolute Gasteiger partial charge is 0.303 e. The summed E-state index contributed by atoms with van der Waals surface area (Å²) in [5.41, 5.74) is 0. The Morgan fingerprint density at radius 3 is 1.67 bits per heavy atom. The van der Waals surface area contributed by atoms with Crippen molar-refractivity contribution in [2.24, 2.45) is 0 Å². The summed E-state index contributed by atoms with van der Waals surface area (Å²) >= 11 is 0. The van der Waals surface area contributed by atoms with E-state index in [1.54, 1.807) is 0 Å². The van der Waals surface area contributed by atoms with E-state index in [2.05, 4.69) is 19.1 Å². The number of allylic oxidation sites excluding steroid dienone is 2. The molecule has 0 heterocycles. The van der Waals surface area contributed by atoms with Gasteiger partial charge in [0.05, 0.1) is 0 Å². The van der Waals surface area contributed by atoms with Gasteiger partial charge in [0.2, 0.25) is 0 Å². The molecule has 0 rings (SSSR count). The molecule has 0 bridgehead atoms.